The van der Waals surface area contributed by atoms with Gasteiger partial charge in [-0.3, -0.25) is 9.20 Å². The van der Waals surface area contributed by atoms with Gasteiger partial charge in [-0.2, -0.15) is 0 Å². The maximum Gasteiger partial charge on any atom is 0.185 e. The van der Waals surface area contributed by atoms with Gasteiger partial charge in [0.2, 0.25) is 0 Å². The Morgan fingerprint density at radius 2 is 1.55 bits per heavy atom. The molecule has 0 aliphatic carbocycles. The molecule has 38 heavy (non-hydrogen) atoms. The molecule has 0 spiro atoms. The number of hydrogen-bond donors (Lipinski definition) is 0. The molecule has 6 nitrogen and oxygen atoms in total. The lowest BCUT2D eigenvalue weighted by molar-refractivity contribution is 0.0987. The summed E-state index contributed by atoms with van der Waals surface area (Å²) in [5.41, 5.74) is 2.46. The lowest BCUT2D eigenvalue weighted by Gasteiger charge is -2.11. The van der Waals surface area contributed by atoms with Gasteiger partial charge in [-0.1, -0.05) is 42.5 Å². The maximum absolute atomic E-state index is 14.0. The summed E-state index contributed by atoms with van der Waals surface area (Å²) < 4.78 is 59.2. The zero-order chi connectivity index (χ0) is 27.0. The Morgan fingerprint density at radius 3 is 2.24 bits per heavy atom. The molecule has 194 valence electrons. The molecule has 0 aliphatic rings. The number of aryl methyl sites for hydroxylation is 1. The van der Waals surface area contributed by atoms with Crippen LogP contribution in [0.4, 0.5) is 8.78 Å². The van der Waals surface area contributed by atoms with Gasteiger partial charge in [-0.25, -0.2) is 22.2 Å². The lowest BCUT2D eigenvalue weighted by atomic mass is 9.97. The van der Waals surface area contributed by atoms with E-state index in [4.69, 9.17) is 4.74 Å². The smallest absolute Gasteiger partial charge is 0.185 e. The summed E-state index contributed by atoms with van der Waals surface area (Å²) in [5, 5.41) is 1.60. The minimum Gasteiger partial charge on any atom is -0.485 e. The number of fused-ring (bicyclic) bond motifs is 2. The van der Waals surface area contributed by atoms with E-state index in [9.17, 15) is 22.0 Å². The molecule has 2 aromatic heterocycles. The minimum absolute atomic E-state index is 0.0693. The molecule has 5 rings (SSSR count). The number of ether oxygens (including phenoxy) is 1. The van der Waals surface area contributed by atoms with Crippen LogP contribution in [0, 0.1) is 18.6 Å². The van der Waals surface area contributed by atoms with E-state index in [0.717, 1.165) is 28.5 Å². The van der Waals surface area contributed by atoms with Crippen molar-refractivity contribution in [2.45, 2.75) is 25.7 Å². The number of nitrogens with zero attached hydrogens (tertiary/aromatic N) is 2. The van der Waals surface area contributed by atoms with Crippen molar-refractivity contribution in [1.29, 1.82) is 0 Å². The van der Waals surface area contributed by atoms with Crippen LogP contribution in [-0.4, -0.2) is 29.8 Å². The molecule has 0 saturated carbocycles. The molecule has 0 atom stereocenters. The summed E-state index contributed by atoms with van der Waals surface area (Å²) in [7, 11) is -3.23. The fraction of sp³-hybridized carbons (Fsp3) is 0.172. The molecular formula is C29H24F2N2O4S. The van der Waals surface area contributed by atoms with Crippen LogP contribution in [0.15, 0.2) is 72.9 Å². The molecule has 0 aliphatic heterocycles. The van der Waals surface area contributed by atoms with Gasteiger partial charge in [-0.15, -0.1) is 0 Å². The summed E-state index contributed by atoms with van der Waals surface area (Å²) >= 11 is 0. The van der Waals surface area contributed by atoms with Gasteiger partial charge in [0, 0.05) is 18.9 Å². The van der Waals surface area contributed by atoms with Gasteiger partial charge < -0.3 is 4.74 Å². The summed E-state index contributed by atoms with van der Waals surface area (Å²) in [6.07, 6.45) is 2.95. The standard InChI is InChI=1S/C29H24F2N2O4S/c1-18-28(26(34)15-19-7-3-10-22-20(17-38(2,35)36)8-4-9-21(19)22)33-14-6-13-27(29(33)32-18)37-16-23-24(30)11-5-12-25(23)31/h3-14H,15-17H2,1-2H3. The number of carbonyl (C=O) groups is 1. The lowest BCUT2D eigenvalue weighted by Crippen LogP contribution is -2.09. The largest absolute Gasteiger partial charge is 0.485 e. The van der Waals surface area contributed by atoms with E-state index < -0.39 is 21.5 Å². The summed E-state index contributed by atoms with van der Waals surface area (Å²) in [6.45, 7) is 1.38. The molecule has 0 N–H and O–H groups in total. The van der Waals surface area contributed by atoms with Gasteiger partial charge in [0.25, 0.3) is 0 Å². The molecule has 0 amide bonds. The van der Waals surface area contributed by atoms with Gasteiger partial charge in [0.1, 0.15) is 23.9 Å². The molecule has 5 aromatic rings. The number of pyridine rings is 1. The SMILES string of the molecule is Cc1nc2c(OCc3c(F)cccc3F)cccn2c1C(=O)Cc1cccc2c(CS(C)(=O)=O)cccc12. The zero-order valence-corrected chi connectivity index (χ0v) is 21.6. The van der Waals surface area contributed by atoms with E-state index in [1.807, 2.05) is 24.3 Å². The van der Waals surface area contributed by atoms with Crippen LogP contribution in [0.1, 0.15) is 32.9 Å². The van der Waals surface area contributed by atoms with E-state index in [1.165, 1.54) is 12.3 Å². The van der Waals surface area contributed by atoms with Crippen molar-refractivity contribution < 1.29 is 26.7 Å². The zero-order valence-electron chi connectivity index (χ0n) is 20.7. The maximum atomic E-state index is 14.0. The summed E-state index contributed by atoms with van der Waals surface area (Å²) in [5.74, 6) is -1.40. The Hall–Kier alpha value is -4.11. The van der Waals surface area contributed by atoms with Crippen LogP contribution in [0.2, 0.25) is 0 Å². The molecule has 0 fully saturated rings. The van der Waals surface area contributed by atoms with Crippen molar-refractivity contribution in [3.63, 3.8) is 0 Å². The minimum atomic E-state index is -3.23. The molecule has 0 radical (unpaired) electrons. The van der Waals surface area contributed by atoms with Crippen molar-refractivity contribution >= 4 is 32.0 Å². The third kappa shape index (κ3) is 5.02. The molecular weight excluding hydrogens is 510 g/mol. The molecule has 3 aromatic carbocycles. The van der Waals surface area contributed by atoms with E-state index in [-0.39, 0.29) is 35.9 Å². The fourth-order valence-electron chi connectivity index (χ4n) is 4.68. The normalized spacial score (nSPS) is 11.8. The Kier molecular flexibility index (Phi) is 6.71. The Labute approximate surface area is 218 Å². The third-order valence-electron chi connectivity index (χ3n) is 6.36. The number of carbonyl (C=O) groups excluding carboxylic acids is 1. The van der Waals surface area contributed by atoms with Gasteiger partial charge in [0.05, 0.1) is 17.0 Å². The highest BCUT2D eigenvalue weighted by atomic mass is 32.2. The summed E-state index contributed by atoms with van der Waals surface area (Å²) in [6, 6.07) is 17.9. The van der Waals surface area contributed by atoms with Crippen LogP contribution in [-0.2, 0) is 28.6 Å². The number of imidazole rings is 1. The average Bonchev–Trinajstić information content (AvgIpc) is 3.20. The monoisotopic (exact) mass is 534 g/mol. The number of halogens is 2. The fourth-order valence-corrected chi connectivity index (χ4v) is 5.50. The molecule has 0 unspecified atom stereocenters. The number of hydrogen-bond acceptors (Lipinski definition) is 5. The van der Waals surface area contributed by atoms with E-state index in [2.05, 4.69) is 4.98 Å². The second-order valence-corrected chi connectivity index (χ2v) is 11.3. The summed E-state index contributed by atoms with van der Waals surface area (Å²) in [4.78, 5) is 18.1. The highest BCUT2D eigenvalue weighted by Gasteiger charge is 2.21. The average molecular weight is 535 g/mol. The topological polar surface area (TPSA) is 77.7 Å². The van der Waals surface area contributed by atoms with Gasteiger partial charge in [-0.05, 0) is 53.1 Å². The molecule has 2 heterocycles. The third-order valence-corrected chi connectivity index (χ3v) is 7.19. The van der Waals surface area contributed by atoms with E-state index in [1.54, 1.807) is 41.8 Å². The van der Waals surface area contributed by atoms with Crippen LogP contribution < -0.4 is 4.74 Å². The quantitative estimate of drug-likeness (QED) is 0.242. The Bertz CT molecular complexity index is 1790. The van der Waals surface area contributed by atoms with Crippen molar-refractivity contribution in [3.05, 3.63) is 113 Å². The number of ketones is 1. The molecule has 0 bridgehead atoms. The predicted octanol–water partition coefficient (Wildman–Crippen LogP) is 5.62. The van der Waals surface area contributed by atoms with Crippen molar-refractivity contribution in [2.24, 2.45) is 0 Å². The van der Waals surface area contributed by atoms with Crippen LogP contribution >= 0.6 is 0 Å². The first-order valence-corrected chi connectivity index (χ1v) is 13.9. The first-order chi connectivity index (χ1) is 18.1. The number of aromatic nitrogens is 2. The Balaban J connectivity index is 1.47. The van der Waals surface area contributed by atoms with E-state index >= 15 is 0 Å². The van der Waals surface area contributed by atoms with Gasteiger partial charge in [0.15, 0.2) is 27.0 Å². The predicted molar refractivity (Wildman–Crippen MR) is 141 cm³/mol. The van der Waals surface area contributed by atoms with E-state index in [0.29, 0.717) is 22.6 Å². The van der Waals surface area contributed by atoms with Crippen LogP contribution in [0.5, 0.6) is 5.75 Å². The number of benzene rings is 3. The first-order valence-electron chi connectivity index (χ1n) is 11.9. The van der Waals surface area contributed by atoms with Crippen LogP contribution in [0.25, 0.3) is 16.4 Å². The number of rotatable bonds is 8. The highest BCUT2D eigenvalue weighted by Crippen LogP contribution is 2.28. The molecule has 9 heteroatoms. The Morgan fingerprint density at radius 1 is 0.921 bits per heavy atom. The number of Topliss-reactive ketones (excluding diaryl/α,β-unsaturated/α-hetero) is 1. The van der Waals surface area contributed by atoms with Crippen molar-refractivity contribution in [3.8, 4) is 5.75 Å². The number of sulfone groups is 1. The highest BCUT2D eigenvalue weighted by molar-refractivity contribution is 7.89. The van der Waals surface area contributed by atoms with Crippen molar-refractivity contribution in [2.75, 3.05) is 6.26 Å². The van der Waals surface area contributed by atoms with Crippen LogP contribution in [0.3, 0.4) is 0 Å². The second-order valence-electron chi connectivity index (χ2n) is 9.20. The second kappa shape index (κ2) is 9.98. The first kappa shape index (κ1) is 25.5. The van der Waals surface area contributed by atoms with Crippen molar-refractivity contribution in [1.82, 2.24) is 9.38 Å². The molecule has 0 saturated heterocycles. The van der Waals surface area contributed by atoms with Gasteiger partial charge >= 0.3 is 0 Å².